The lowest BCUT2D eigenvalue weighted by molar-refractivity contribution is 1.18. The van der Waals surface area contributed by atoms with Crippen LogP contribution in [0.4, 0.5) is 17.1 Å². The number of nitrogens with zero attached hydrogens (tertiary/aromatic N) is 2. The van der Waals surface area contributed by atoms with Gasteiger partial charge in [-0.2, -0.15) is 0 Å². The molecule has 2 nitrogen and oxygen atoms in total. The van der Waals surface area contributed by atoms with Crippen molar-refractivity contribution in [2.75, 3.05) is 4.90 Å². The van der Waals surface area contributed by atoms with Crippen LogP contribution < -0.4 is 4.90 Å². The molecule has 1 aromatic heterocycles. The topological polar surface area (TPSA) is 8.17 Å². The zero-order valence-corrected chi connectivity index (χ0v) is 32.8. The van der Waals surface area contributed by atoms with Crippen molar-refractivity contribution < 1.29 is 0 Å². The van der Waals surface area contributed by atoms with Crippen molar-refractivity contribution in [2.24, 2.45) is 0 Å². The third-order valence-electron chi connectivity index (χ3n) is 12.3. The summed E-state index contributed by atoms with van der Waals surface area (Å²) in [6, 6.07) is 84.2. The molecule has 0 radical (unpaired) electrons. The van der Waals surface area contributed by atoms with Gasteiger partial charge in [0.2, 0.25) is 0 Å². The molecular formula is C58H38N2. The van der Waals surface area contributed by atoms with Crippen LogP contribution in [-0.2, 0) is 0 Å². The molecule has 0 aliphatic rings. The fourth-order valence-electron chi connectivity index (χ4n) is 9.62. The number of hydrogen-bond donors (Lipinski definition) is 0. The smallest absolute Gasteiger partial charge is 0.0547 e. The molecule has 2 heteroatoms. The minimum Gasteiger partial charge on any atom is -0.310 e. The van der Waals surface area contributed by atoms with Gasteiger partial charge in [0.1, 0.15) is 0 Å². The summed E-state index contributed by atoms with van der Waals surface area (Å²) < 4.78 is 2.45. The number of anilines is 3. The molecule has 0 N–H and O–H groups in total. The first-order chi connectivity index (χ1) is 29.8. The molecule has 0 saturated heterocycles. The molecule has 0 amide bonds. The van der Waals surface area contributed by atoms with Crippen LogP contribution in [0.1, 0.15) is 0 Å². The summed E-state index contributed by atoms with van der Waals surface area (Å²) in [6.07, 6.45) is 0. The zero-order chi connectivity index (χ0) is 39.6. The molecule has 1 heterocycles. The van der Waals surface area contributed by atoms with Gasteiger partial charge in [0.05, 0.1) is 22.4 Å². The average Bonchev–Trinajstić information content (AvgIpc) is 3.67. The summed E-state index contributed by atoms with van der Waals surface area (Å²) >= 11 is 0. The van der Waals surface area contributed by atoms with E-state index in [9.17, 15) is 0 Å². The quantitative estimate of drug-likeness (QED) is 0.153. The molecular weight excluding hydrogens is 725 g/mol. The molecule has 0 aliphatic heterocycles. The predicted molar refractivity (Wildman–Crippen MR) is 256 cm³/mol. The number of rotatable bonds is 6. The van der Waals surface area contributed by atoms with Gasteiger partial charge in [-0.3, -0.25) is 0 Å². The number of aromatic nitrogens is 1. The monoisotopic (exact) mass is 762 g/mol. The van der Waals surface area contributed by atoms with Crippen LogP contribution in [0.25, 0.3) is 92.8 Å². The van der Waals surface area contributed by atoms with Crippen LogP contribution in [0.2, 0.25) is 0 Å². The average molecular weight is 763 g/mol. The molecule has 60 heavy (non-hydrogen) atoms. The third-order valence-corrected chi connectivity index (χ3v) is 12.3. The summed E-state index contributed by atoms with van der Waals surface area (Å²) in [6.45, 7) is 0. The van der Waals surface area contributed by atoms with Gasteiger partial charge >= 0.3 is 0 Å². The largest absolute Gasteiger partial charge is 0.310 e. The van der Waals surface area contributed by atoms with E-state index in [1.165, 1.54) is 81.6 Å². The highest BCUT2D eigenvalue weighted by molar-refractivity contribution is 6.22. The summed E-state index contributed by atoms with van der Waals surface area (Å²) in [5.41, 5.74) is 11.6. The molecule has 12 aromatic rings. The van der Waals surface area contributed by atoms with Crippen LogP contribution >= 0.6 is 0 Å². The van der Waals surface area contributed by atoms with Crippen molar-refractivity contribution in [2.45, 2.75) is 0 Å². The molecule has 0 fully saturated rings. The maximum atomic E-state index is 2.45. The Hall–Kier alpha value is -7.94. The maximum Gasteiger partial charge on any atom is 0.0547 e. The van der Waals surface area contributed by atoms with E-state index in [2.05, 4.69) is 240 Å². The third kappa shape index (κ3) is 5.42. The second-order valence-corrected chi connectivity index (χ2v) is 15.7. The van der Waals surface area contributed by atoms with Gasteiger partial charge in [0, 0.05) is 33.3 Å². The Balaban J connectivity index is 1.03. The van der Waals surface area contributed by atoms with Gasteiger partial charge in [-0.1, -0.05) is 182 Å². The van der Waals surface area contributed by atoms with E-state index in [0.717, 1.165) is 28.3 Å². The molecule has 12 rings (SSSR count). The summed E-state index contributed by atoms with van der Waals surface area (Å²) in [4.78, 5) is 2.42. The first kappa shape index (κ1) is 34.1. The molecule has 0 bridgehead atoms. The minimum absolute atomic E-state index is 1.09. The highest BCUT2D eigenvalue weighted by Crippen LogP contribution is 2.44. The second-order valence-electron chi connectivity index (χ2n) is 15.7. The van der Waals surface area contributed by atoms with Crippen molar-refractivity contribution in [3.8, 4) is 27.9 Å². The summed E-state index contributed by atoms with van der Waals surface area (Å²) in [7, 11) is 0. The normalized spacial score (nSPS) is 11.7. The van der Waals surface area contributed by atoms with Gasteiger partial charge in [0.25, 0.3) is 0 Å². The number of hydrogen-bond acceptors (Lipinski definition) is 1. The molecule has 0 spiro atoms. The van der Waals surface area contributed by atoms with E-state index in [-0.39, 0.29) is 0 Å². The number of fused-ring (bicyclic) bond motifs is 10. The standard InChI is InChI=1S/C58H38N2/c1-2-14-39(15-3-1)47-18-8-11-23-53(47)59(46-35-36-51-44(38-46)29-28-43-27-26-40-16-4-6-20-49(40)57(43)51)45-33-30-42(31-34-45)48-19-9-12-24-54(48)60-55-25-13-10-22-52(55)58-50-21-7-5-17-41(50)32-37-56(58)60/h1-38H. The Labute approximate surface area is 348 Å². The summed E-state index contributed by atoms with van der Waals surface area (Å²) in [5, 5.41) is 12.6. The highest BCUT2D eigenvalue weighted by atomic mass is 15.1. The Morgan fingerprint density at radius 2 is 0.850 bits per heavy atom. The van der Waals surface area contributed by atoms with Crippen molar-refractivity contribution in [1.29, 1.82) is 0 Å². The van der Waals surface area contributed by atoms with E-state index in [4.69, 9.17) is 0 Å². The molecule has 11 aromatic carbocycles. The van der Waals surface area contributed by atoms with Gasteiger partial charge in [-0.05, 0) is 103 Å². The van der Waals surface area contributed by atoms with E-state index in [0.29, 0.717) is 0 Å². The van der Waals surface area contributed by atoms with Gasteiger partial charge in [-0.25, -0.2) is 0 Å². The first-order valence-corrected chi connectivity index (χ1v) is 20.7. The van der Waals surface area contributed by atoms with E-state index in [1.54, 1.807) is 0 Å². The maximum absolute atomic E-state index is 2.45. The van der Waals surface area contributed by atoms with Crippen LogP contribution in [0, 0.1) is 0 Å². The van der Waals surface area contributed by atoms with Crippen molar-refractivity contribution >= 4 is 82.0 Å². The Kier molecular flexibility index (Phi) is 7.89. The molecule has 0 aliphatic carbocycles. The Bertz CT molecular complexity index is 3600. The highest BCUT2D eigenvalue weighted by Gasteiger charge is 2.20. The Morgan fingerprint density at radius 1 is 0.300 bits per heavy atom. The first-order valence-electron chi connectivity index (χ1n) is 20.7. The number of para-hydroxylation sites is 3. The van der Waals surface area contributed by atoms with Gasteiger partial charge in [-0.15, -0.1) is 0 Å². The summed E-state index contributed by atoms with van der Waals surface area (Å²) in [5.74, 6) is 0. The second kappa shape index (κ2) is 13.9. The fourth-order valence-corrected chi connectivity index (χ4v) is 9.62. The molecule has 0 atom stereocenters. The van der Waals surface area contributed by atoms with Gasteiger partial charge in [0.15, 0.2) is 0 Å². The SMILES string of the molecule is c1ccc(-c2ccccc2N(c2ccc(-c3ccccc3-n3c4ccccc4c4c5ccccc5ccc43)cc2)c2ccc3c(ccc4ccc5ccccc5c43)c2)cc1. The minimum atomic E-state index is 1.09. The lowest BCUT2D eigenvalue weighted by atomic mass is 9.95. The van der Waals surface area contributed by atoms with Crippen LogP contribution in [0.5, 0.6) is 0 Å². The van der Waals surface area contributed by atoms with E-state index >= 15 is 0 Å². The predicted octanol–water partition coefficient (Wildman–Crippen LogP) is 16.2. The van der Waals surface area contributed by atoms with Crippen molar-refractivity contribution in [3.05, 3.63) is 231 Å². The molecule has 0 unspecified atom stereocenters. The Morgan fingerprint density at radius 3 is 1.65 bits per heavy atom. The van der Waals surface area contributed by atoms with Gasteiger partial charge < -0.3 is 9.47 Å². The fraction of sp³-hybridized carbons (Fsp3) is 0. The zero-order valence-electron chi connectivity index (χ0n) is 32.8. The molecule has 0 saturated carbocycles. The van der Waals surface area contributed by atoms with Crippen molar-refractivity contribution in [3.63, 3.8) is 0 Å². The van der Waals surface area contributed by atoms with E-state index < -0.39 is 0 Å². The van der Waals surface area contributed by atoms with E-state index in [1.807, 2.05) is 0 Å². The van der Waals surface area contributed by atoms with Crippen LogP contribution in [-0.4, -0.2) is 4.57 Å². The van der Waals surface area contributed by atoms with Crippen LogP contribution in [0.15, 0.2) is 231 Å². The van der Waals surface area contributed by atoms with Crippen LogP contribution in [0.3, 0.4) is 0 Å². The number of benzene rings is 11. The lowest BCUT2D eigenvalue weighted by Crippen LogP contribution is -2.11. The lowest BCUT2D eigenvalue weighted by Gasteiger charge is -2.28. The van der Waals surface area contributed by atoms with Crippen molar-refractivity contribution in [1.82, 2.24) is 4.57 Å². The molecule has 280 valence electrons.